The van der Waals surface area contributed by atoms with E-state index in [0.717, 1.165) is 80.2 Å². The first-order valence-electron chi connectivity index (χ1n) is 13.9. The summed E-state index contributed by atoms with van der Waals surface area (Å²) in [5.41, 5.74) is 9.58. The Morgan fingerprint density at radius 3 is 2.41 bits per heavy atom. The molecule has 8 heteroatoms. The maximum Gasteiger partial charge on any atom is 0.258 e. The molecule has 1 aliphatic rings. The van der Waals surface area contributed by atoms with Crippen LogP contribution in [0.5, 0.6) is 0 Å². The Labute approximate surface area is 243 Å². The van der Waals surface area contributed by atoms with Gasteiger partial charge in [0.2, 0.25) is 0 Å². The van der Waals surface area contributed by atoms with E-state index in [1.807, 2.05) is 61.2 Å². The minimum atomic E-state index is -0.231. The fraction of sp³-hybridized carbons (Fsp3) is 0.242. The number of hydrogen-bond acceptors (Lipinski definition) is 6. The number of thiazole rings is 1. The van der Waals surface area contributed by atoms with Crippen LogP contribution < -0.4 is 10.2 Å². The molecule has 3 aromatic carbocycles. The van der Waals surface area contributed by atoms with E-state index < -0.39 is 0 Å². The molecule has 0 bridgehead atoms. The minimum Gasteiger partial charge on any atom is -0.308 e. The van der Waals surface area contributed by atoms with E-state index >= 15 is 0 Å². The van der Waals surface area contributed by atoms with Crippen LogP contribution in [0.2, 0.25) is 0 Å². The van der Waals surface area contributed by atoms with Gasteiger partial charge in [0.25, 0.3) is 11.8 Å². The first kappa shape index (κ1) is 26.8. The van der Waals surface area contributed by atoms with Gasteiger partial charge in [-0.2, -0.15) is 0 Å². The van der Waals surface area contributed by atoms with E-state index in [1.54, 1.807) is 12.1 Å². The van der Waals surface area contributed by atoms with Gasteiger partial charge in [-0.15, -0.1) is 11.3 Å². The molecule has 2 aromatic heterocycles. The lowest BCUT2D eigenvalue weighted by Crippen LogP contribution is -2.29. The molecular weight excluding hydrogens is 530 g/mol. The molecule has 0 aliphatic carbocycles. The van der Waals surface area contributed by atoms with Crippen molar-refractivity contribution in [3.8, 4) is 11.3 Å². The highest BCUT2D eigenvalue weighted by Gasteiger charge is 2.27. The monoisotopic (exact) mass is 561 g/mol. The standard InChI is InChI=1S/C33H31N5O2S/c1-5-25-26(6-2)35-28-18-23(11-13-27(28)34-25)31(39)37-33-36-30(20(4)41-33)22-12-14-29-21(17-22)15-16-38(29)32(40)24-10-8-7-9-19(24)3/h7-14,17-18H,5-6,15-16H2,1-4H3,(H,36,37,39). The zero-order valence-corrected chi connectivity index (χ0v) is 24.4. The molecule has 0 saturated heterocycles. The molecular formula is C33H31N5O2S. The second-order valence-electron chi connectivity index (χ2n) is 10.3. The number of fused-ring (bicyclic) bond motifs is 2. The van der Waals surface area contributed by atoms with Crippen LogP contribution in [0, 0.1) is 13.8 Å². The van der Waals surface area contributed by atoms with Crippen LogP contribution in [0.15, 0.2) is 60.7 Å². The Balaban J connectivity index is 1.22. The van der Waals surface area contributed by atoms with Gasteiger partial charge in [-0.25, -0.2) is 15.0 Å². The molecule has 0 atom stereocenters. The van der Waals surface area contributed by atoms with Crippen molar-refractivity contribution in [2.45, 2.75) is 47.0 Å². The average Bonchev–Trinajstić information content (AvgIpc) is 3.58. The summed E-state index contributed by atoms with van der Waals surface area (Å²) < 4.78 is 0. The van der Waals surface area contributed by atoms with Crippen LogP contribution in [-0.4, -0.2) is 33.3 Å². The molecule has 0 unspecified atom stereocenters. The lowest BCUT2D eigenvalue weighted by atomic mass is 10.0. The second-order valence-corrected chi connectivity index (χ2v) is 11.5. The molecule has 2 amide bonds. The molecule has 41 heavy (non-hydrogen) atoms. The summed E-state index contributed by atoms with van der Waals surface area (Å²) in [6.45, 7) is 8.77. The third-order valence-electron chi connectivity index (χ3n) is 7.64. The lowest BCUT2D eigenvalue weighted by Gasteiger charge is -2.18. The van der Waals surface area contributed by atoms with Crippen molar-refractivity contribution < 1.29 is 9.59 Å². The molecule has 3 heterocycles. The highest BCUT2D eigenvalue weighted by Crippen LogP contribution is 2.36. The number of anilines is 2. The molecule has 0 fully saturated rings. The molecule has 1 N–H and O–H groups in total. The van der Waals surface area contributed by atoms with Crippen molar-refractivity contribution in [3.63, 3.8) is 0 Å². The Morgan fingerprint density at radius 2 is 1.66 bits per heavy atom. The topological polar surface area (TPSA) is 88.1 Å². The fourth-order valence-corrected chi connectivity index (χ4v) is 6.27. The fourth-order valence-electron chi connectivity index (χ4n) is 5.44. The third-order valence-corrected chi connectivity index (χ3v) is 8.52. The minimum absolute atomic E-state index is 0.0285. The zero-order valence-electron chi connectivity index (χ0n) is 23.6. The number of amides is 2. The van der Waals surface area contributed by atoms with E-state index in [-0.39, 0.29) is 11.8 Å². The molecule has 1 aliphatic heterocycles. The van der Waals surface area contributed by atoms with Crippen molar-refractivity contribution in [2.24, 2.45) is 0 Å². The lowest BCUT2D eigenvalue weighted by molar-refractivity contribution is 0.0987. The number of carbonyl (C=O) groups excluding carboxylic acids is 2. The van der Waals surface area contributed by atoms with Crippen molar-refractivity contribution in [1.29, 1.82) is 0 Å². The smallest absolute Gasteiger partial charge is 0.258 e. The Kier molecular flexibility index (Phi) is 7.09. The van der Waals surface area contributed by atoms with Crippen LogP contribution in [0.4, 0.5) is 10.8 Å². The summed E-state index contributed by atoms with van der Waals surface area (Å²) in [4.78, 5) is 43.6. The number of nitrogens with one attached hydrogen (secondary N) is 1. The Hall–Kier alpha value is -4.43. The van der Waals surface area contributed by atoms with E-state index in [4.69, 9.17) is 15.0 Å². The van der Waals surface area contributed by atoms with Gasteiger partial charge in [-0.1, -0.05) is 38.1 Å². The first-order valence-corrected chi connectivity index (χ1v) is 14.8. The van der Waals surface area contributed by atoms with Gasteiger partial charge >= 0.3 is 0 Å². The van der Waals surface area contributed by atoms with Crippen LogP contribution in [0.25, 0.3) is 22.3 Å². The third kappa shape index (κ3) is 5.00. The maximum atomic E-state index is 13.3. The number of nitrogens with zero attached hydrogens (tertiary/aromatic N) is 4. The maximum absolute atomic E-state index is 13.3. The van der Waals surface area contributed by atoms with Crippen LogP contribution in [0.3, 0.4) is 0 Å². The number of aryl methyl sites for hydroxylation is 4. The molecule has 0 radical (unpaired) electrons. The van der Waals surface area contributed by atoms with Crippen molar-refractivity contribution in [1.82, 2.24) is 15.0 Å². The van der Waals surface area contributed by atoms with Gasteiger partial charge in [0, 0.05) is 33.8 Å². The van der Waals surface area contributed by atoms with Gasteiger partial charge in [0.1, 0.15) is 0 Å². The summed E-state index contributed by atoms with van der Waals surface area (Å²) in [7, 11) is 0. The highest BCUT2D eigenvalue weighted by atomic mass is 32.1. The summed E-state index contributed by atoms with van der Waals surface area (Å²) in [6.07, 6.45) is 2.42. The predicted octanol–water partition coefficient (Wildman–Crippen LogP) is 6.95. The molecule has 5 aromatic rings. The van der Waals surface area contributed by atoms with E-state index in [2.05, 4.69) is 25.2 Å². The Morgan fingerprint density at radius 1 is 0.902 bits per heavy atom. The zero-order chi connectivity index (χ0) is 28.7. The highest BCUT2D eigenvalue weighted by molar-refractivity contribution is 7.16. The molecule has 0 saturated carbocycles. The second kappa shape index (κ2) is 10.9. The van der Waals surface area contributed by atoms with Gasteiger partial charge < -0.3 is 4.90 Å². The van der Waals surface area contributed by atoms with E-state index in [0.29, 0.717) is 17.2 Å². The molecule has 206 valence electrons. The summed E-state index contributed by atoms with van der Waals surface area (Å²) in [6, 6.07) is 19.3. The summed E-state index contributed by atoms with van der Waals surface area (Å²) in [5.74, 6) is -0.202. The molecule has 7 nitrogen and oxygen atoms in total. The number of rotatable bonds is 6. The van der Waals surface area contributed by atoms with Gasteiger partial charge in [0.15, 0.2) is 5.13 Å². The summed E-state index contributed by atoms with van der Waals surface area (Å²) in [5, 5.41) is 3.51. The number of hydrogen-bond donors (Lipinski definition) is 1. The molecule has 6 rings (SSSR count). The first-order chi connectivity index (χ1) is 19.9. The van der Waals surface area contributed by atoms with Crippen LogP contribution in [-0.2, 0) is 19.3 Å². The normalized spacial score (nSPS) is 12.5. The van der Waals surface area contributed by atoms with Crippen molar-refractivity contribution >= 4 is 45.0 Å². The predicted molar refractivity (Wildman–Crippen MR) is 165 cm³/mol. The number of carbonyl (C=O) groups is 2. The van der Waals surface area contributed by atoms with Crippen LogP contribution in [0.1, 0.15) is 62.0 Å². The van der Waals surface area contributed by atoms with E-state index in [9.17, 15) is 9.59 Å². The average molecular weight is 562 g/mol. The van der Waals surface area contributed by atoms with Gasteiger partial charge in [-0.05, 0) is 80.6 Å². The van der Waals surface area contributed by atoms with Crippen LogP contribution >= 0.6 is 11.3 Å². The summed E-state index contributed by atoms with van der Waals surface area (Å²) >= 11 is 1.45. The van der Waals surface area contributed by atoms with Crippen molar-refractivity contribution in [2.75, 3.05) is 16.8 Å². The number of benzene rings is 3. The Bertz CT molecular complexity index is 1830. The van der Waals surface area contributed by atoms with Gasteiger partial charge in [0.05, 0.1) is 28.1 Å². The SMILES string of the molecule is CCc1nc2ccc(C(=O)Nc3nc(-c4ccc5c(c4)CCN5C(=O)c4ccccc4C)c(C)s3)cc2nc1CC. The molecule has 0 spiro atoms. The largest absolute Gasteiger partial charge is 0.308 e. The van der Waals surface area contributed by atoms with Gasteiger partial charge in [-0.3, -0.25) is 14.9 Å². The quantitative estimate of drug-likeness (QED) is 0.242. The number of aromatic nitrogens is 3. The van der Waals surface area contributed by atoms with Crippen molar-refractivity contribution in [3.05, 3.63) is 99.2 Å². The van der Waals surface area contributed by atoms with E-state index in [1.165, 1.54) is 11.3 Å².